The van der Waals surface area contributed by atoms with Crippen LogP contribution in [-0.2, 0) is 33.0 Å². The molecule has 0 saturated carbocycles. The first-order chi connectivity index (χ1) is 19.3. The van der Waals surface area contributed by atoms with E-state index in [-0.39, 0.29) is 29.3 Å². The van der Waals surface area contributed by atoms with Crippen molar-refractivity contribution in [3.63, 3.8) is 0 Å². The van der Waals surface area contributed by atoms with Crippen LogP contribution in [0.1, 0.15) is 100 Å². The number of allylic oxidation sites excluding steroid dienone is 4. The standard InChI is InChI=1S/C33H58O8Si/c1-23-20-21-28(38-33(23)29(30(36)37-9)39-32(7,8)41-33)25(3)27(35)22-26(34)19-17-15-13-12-14-16-18-24(2)40-42(10,11)31(4,5)6/h12-15,23-26,28-29,34H,16-22H2,1-11H3/b14-12-,15-13+/t23?,24-,25+,26-,28-,29?,33-/m0/s1. The number of esters is 1. The molecular formula is C33H58O8Si. The van der Waals surface area contributed by atoms with E-state index >= 15 is 0 Å². The molecule has 1 spiro atoms. The van der Waals surface area contributed by atoms with E-state index in [1.165, 1.54) is 7.11 Å². The van der Waals surface area contributed by atoms with Gasteiger partial charge in [0.1, 0.15) is 5.78 Å². The van der Waals surface area contributed by atoms with Crippen molar-refractivity contribution in [2.75, 3.05) is 7.11 Å². The second kappa shape index (κ2) is 15.1. The number of ketones is 1. The lowest BCUT2D eigenvalue weighted by Gasteiger charge is -2.45. The Kier molecular flexibility index (Phi) is 13.2. The molecule has 0 bridgehead atoms. The highest BCUT2D eigenvalue weighted by atomic mass is 28.4. The normalized spacial score (nSPS) is 28.8. The fraction of sp³-hybridized carbons (Fsp3) is 0.818. The molecule has 2 fully saturated rings. The van der Waals surface area contributed by atoms with Gasteiger partial charge in [0.15, 0.2) is 14.1 Å². The molecule has 2 heterocycles. The summed E-state index contributed by atoms with van der Waals surface area (Å²) >= 11 is 0. The summed E-state index contributed by atoms with van der Waals surface area (Å²) in [6.45, 7) is 20.8. The molecule has 0 radical (unpaired) electrons. The van der Waals surface area contributed by atoms with E-state index in [1.807, 2.05) is 32.1 Å². The second-order valence-electron chi connectivity index (χ2n) is 14.2. The van der Waals surface area contributed by atoms with E-state index in [0.717, 1.165) is 12.8 Å². The summed E-state index contributed by atoms with van der Waals surface area (Å²) in [6.07, 6.45) is 10.8. The lowest BCUT2D eigenvalue weighted by Crippen LogP contribution is -2.58. The lowest BCUT2D eigenvalue weighted by molar-refractivity contribution is -0.316. The summed E-state index contributed by atoms with van der Waals surface area (Å²) in [5.74, 6) is -3.57. The SMILES string of the molecule is COC(=O)C1OC(C)(C)O[C@]12O[C@H]([C@H](C)C(=O)C[C@@H](O)CC/C=C/C=C\CC[C@H](C)O[Si](C)(C)C(C)(C)C)CCC2C. The Balaban J connectivity index is 1.79. The third-order valence-electron chi connectivity index (χ3n) is 9.09. The first-order valence-corrected chi connectivity index (χ1v) is 18.6. The predicted octanol–water partition coefficient (Wildman–Crippen LogP) is 6.86. The Labute approximate surface area is 255 Å². The molecule has 0 aromatic rings. The third-order valence-corrected chi connectivity index (χ3v) is 13.7. The average molecular weight is 611 g/mol. The minimum Gasteiger partial charge on any atom is -0.467 e. The first-order valence-electron chi connectivity index (χ1n) is 15.7. The number of hydrogen-bond acceptors (Lipinski definition) is 8. The van der Waals surface area contributed by atoms with Gasteiger partial charge in [-0.3, -0.25) is 4.79 Å². The highest BCUT2D eigenvalue weighted by molar-refractivity contribution is 6.74. The van der Waals surface area contributed by atoms with E-state index < -0.39 is 50.1 Å². The molecule has 2 saturated heterocycles. The number of carbonyl (C=O) groups is 2. The van der Waals surface area contributed by atoms with E-state index in [9.17, 15) is 14.7 Å². The fourth-order valence-electron chi connectivity index (χ4n) is 5.41. The van der Waals surface area contributed by atoms with Crippen LogP contribution in [0.4, 0.5) is 0 Å². The molecule has 2 rings (SSSR count). The molecule has 7 atom stereocenters. The van der Waals surface area contributed by atoms with Crippen LogP contribution in [0.5, 0.6) is 0 Å². The van der Waals surface area contributed by atoms with Crippen molar-refractivity contribution < 1.29 is 38.1 Å². The van der Waals surface area contributed by atoms with Gasteiger partial charge in [-0.2, -0.15) is 0 Å². The Hall–Kier alpha value is -1.36. The number of methoxy groups -OCH3 is 1. The smallest absolute Gasteiger partial charge is 0.340 e. The molecule has 0 aromatic carbocycles. The topological polar surface area (TPSA) is 101 Å². The van der Waals surface area contributed by atoms with Gasteiger partial charge in [-0.25, -0.2) is 4.79 Å². The number of aliphatic hydroxyl groups excluding tert-OH is 1. The Morgan fingerprint density at radius 3 is 2.21 bits per heavy atom. The largest absolute Gasteiger partial charge is 0.467 e. The van der Waals surface area contributed by atoms with Gasteiger partial charge in [-0.1, -0.05) is 58.9 Å². The van der Waals surface area contributed by atoms with Gasteiger partial charge in [-0.15, -0.1) is 0 Å². The summed E-state index contributed by atoms with van der Waals surface area (Å²) in [7, 11) is -0.431. The number of carbonyl (C=O) groups excluding carboxylic acids is 2. The van der Waals surface area contributed by atoms with Gasteiger partial charge in [0.05, 0.1) is 19.3 Å². The van der Waals surface area contributed by atoms with Crippen molar-refractivity contribution in [3.8, 4) is 0 Å². The maximum atomic E-state index is 13.1. The van der Waals surface area contributed by atoms with Crippen LogP contribution in [0.25, 0.3) is 0 Å². The Morgan fingerprint density at radius 1 is 1.05 bits per heavy atom. The van der Waals surface area contributed by atoms with E-state index in [2.05, 4.69) is 46.9 Å². The van der Waals surface area contributed by atoms with Crippen LogP contribution in [0.15, 0.2) is 24.3 Å². The van der Waals surface area contributed by atoms with Crippen LogP contribution < -0.4 is 0 Å². The summed E-state index contributed by atoms with van der Waals surface area (Å²) in [5, 5.41) is 10.8. The number of Topliss-reactive ketones (excluding diaryl/α,β-unsaturated/α-hetero) is 1. The molecule has 2 aliphatic rings. The second-order valence-corrected chi connectivity index (χ2v) is 18.9. The zero-order valence-electron chi connectivity index (χ0n) is 28.0. The average Bonchev–Trinajstić information content (AvgIpc) is 3.15. The van der Waals surface area contributed by atoms with Crippen LogP contribution in [0.3, 0.4) is 0 Å². The molecular weight excluding hydrogens is 552 g/mol. The Morgan fingerprint density at radius 2 is 1.64 bits per heavy atom. The molecule has 1 N–H and O–H groups in total. The number of hydrogen-bond donors (Lipinski definition) is 1. The van der Waals surface area contributed by atoms with Crippen molar-refractivity contribution in [3.05, 3.63) is 24.3 Å². The van der Waals surface area contributed by atoms with Crippen molar-refractivity contribution in [1.82, 2.24) is 0 Å². The van der Waals surface area contributed by atoms with Crippen molar-refractivity contribution in [2.45, 2.75) is 154 Å². The van der Waals surface area contributed by atoms with Crippen molar-refractivity contribution in [2.24, 2.45) is 11.8 Å². The number of aliphatic hydroxyl groups is 1. The van der Waals surface area contributed by atoms with Gasteiger partial charge >= 0.3 is 5.97 Å². The molecule has 0 aromatic heterocycles. The summed E-state index contributed by atoms with van der Waals surface area (Å²) < 4.78 is 29.9. The maximum Gasteiger partial charge on any atom is 0.340 e. The highest BCUT2D eigenvalue weighted by Gasteiger charge is 2.63. The molecule has 42 heavy (non-hydrogen) atoms. The minimum absolute atomic E-state index is 0.0582. The van der Waals surface area contributed by atoms with E-state index in [0.29, 0.717) is 25.7 Å². The van der Waals surface area contributed by atoms with Gasteiger partial charge in [0, 0.05) is 24.4 Å². The quantitative estimate of drug-likeness (QED) is 0.129. The third kappa shape index (κ3) is 9.82. The Bertz CT molecular complexity index is 952. The number of rotatable bonds is 14. The van der Waals surface area contributed by atoms with Gasteiger partial charge in [0.2, 0.25) is 11.9 Å². The van der Waals surface area contributed by atoms with Crippen LogP contribution in [-0.4, -0.2) is 68.3 Å². The molecule has 242 valence electrons. The monoisotopic (exact) mass is 610 g/mol. The fourth-order valence-corrected chi connectivity index (χ4v) is 6.88. The van der Waals surface area contributed by atoms with Gasteiger partial charge < -0.3 is 28.5 Å². The lowest BCUT2D eigenvalue weighted by atomic mass is 9.82. The molecule has 0 amide bonds. The van der Waals surface area contributed by atoms with Crippen molar-refractivity contribution >= 4 is 20.1 Å². The maximum absolute atomic E-state index is 13.1. The molecule has 0 aliphatic carbocycles. The molecule has 8 nitrogen and oxygen atoms in total. The molecule has 9 heteroatoms. The van der Waals surface area contributed by atoms with Crippen LogP contribution in [0, 0.1) is 11.8 Å². The summed E-state index contributed by atoms with van der Waals surface area (Å²) in [5.41, 5.74) is 0. The zero-order valence-corrected chi connectivity index (χ0v) is 29.0. The van der Waals surface area contributed by atoms with Crippen LogP contribution in [0.2, 0.25) is 18.1 Å². The van der Waals surface area contributed by atoms with E-state index in [1.54, 1.807) is 13.8 Å². The summed E-state index contributed by atoms with van der Waals surface area (Å²) in [6, 6.07) is 0. The van der Waals surface area contributed by atoms with E-state index in [4.69, 9.17) is 23.4 Å². The van der Waals surface area contributed by atoms with Gasteiger partial charge in [0.25, 0.3) is 0 Å². The summed E-state index contributed by atoms with van der Waals surface area (Å²) in [4.78, 5) is 25.7. The zero-order chi connectivity index (χ0) is 31.9. The molecule has 2 aliphatic heterocycles. The predicted molar refractivity (Wildman–Crippen MR) is 167 cm³/mol. The highest BCUT2D eigenvalue weighted by Crippen LogP contribution is 2.48. The molecule has 2 unspecified atom stereocenters. The van der Waals surface area contributed by atoms with Crippen molar-refractivity contribution in [1.29, 1.82) is 0 Å². The van der Waals surface area contributed by atoms with Gasteiger partial charge in [-0.05, 0) is 77.4 Å². The first kappa shape index (κ1) is 36.8. The number of ether oxygens (including phenoxy) is 4. The van der Waals surface area contributed by atoms with Crippen LogP contribution >= 0.6 is 0 Å². The minimum atomic E-state index is -1.74.